The van der Waals surface area contributed by atoms with Gasteiger partial charge in [-0.3, -0.25) is 9.59 Å². The van der Waals surface area contributed by atoms with Crippen LogP contribution < -0.4 is 10.6 Å². The topological polar surface area (TPSA) is 58.2 Å². The van der Waals surface area contributed by atoms with Crippen molar-refractivity contribution in [3.63, 3.8) is 0 Å². The predicted octanol–water partition coefficient (Wildman–Crippen LogP) is 2.52. The third-order valence-corrected chi connectivity index (χ3v) is 3.29. The highest BCUT2D eigenvalue weighted by Crippen LogP contribution is 2.01. The zero-order chi connectivity index (χ0) is 16.5. The molecule has 4 heteroatoms. The minimum Gasteiger partial charge on any atom is -0.350 e. The smallest absolute Gasteiger partial charge is 0.244 e. The first-order valence-electron chi connectivity index (χ1n) is 7.50. The van der Waals surface area contributed by atoms with Crippen LogP contribution in [0.5, 0.6) is 0 Å². The summed E-state index contributed by atoms with van der Waals surface area (Å²) in [5, 5.41) is 5.45. The highest BCUT2D eigenvalue weighted by atomic mass is 16.2. The Hall–Kier alpha value is -2.88. The van der Waals surface area contributed by atoms with Crippen LogP contribution in [0.2, 0.25) is 0 Å². The van der Waals surface area contributed by atoms with Crippen LogP contribution in [0.1, 0.15) is 18.1 Å². The van der Waals surface area contributed by atoms with E-state index in [0.717, 1.165) is 11.1 Å². The van der Waals surface area contributed by atoms with Crippen LogP contribution in [0.4, 0.5) is 0 Å². The molecular weight excluding hydrogens is 288 g/mol. The average Bonchev–Trinajstić information content (AvgIpc) is 2.59. The van der Waals surface area contributed by atoms with Crippen molar-refractivity contribution in [2.45, 2.75) is 19.5 Å². The summed E-state index contributed by atoms with van der Waals surface area (Å²) >= 11 is 0. The summed E-state index contributed by atoms with van der Waals surface area (Å²) in [5.41, 5.74) is 1.95. The summed E-state index contributed by atoms with van der Waals surface area (Å²) < 4.78 is 0. The molecule has 1 atom stereocenters. The van der Waals surface area contributed by atoms with E-state index in [-0.39, 0.29) is 11.8 Å². The largest absolute Gasteiger partial charge is 0.350 e. The molecule has 2 aromatic carbocycles. The van der Waals surface area contributed by atoms with Crippen LogP contribution in [0.15, 0.2) is 66.7 Å². The van der Waals surface area contributed by atoms with Gasteiger partial charge in [-0.05, 0) is 24.1 Å². The number of hydrogen-bond acceptors (Lipinski definition) is 2. The Morgan fingerprint density at radius 2 is 1.61 bits per heavy atom. The molecule has 2 N–H and O–H groups in total. The molecule has 0 bridgehead atoms. The van der Waals surface area contributed by atoms with Gasteiger partial charge in [0.05, 0.1) is 0 Å². The molecule has 0 saturated heterocycles. The number of nitrogens with one attached hydrogen (secondary N) is 2. The third-order valence-electron chi connectivity index (χ3n) is 3.29. The van der Waals surface area contributed by atoms with Crippen molar-refractivity contribution in [3.05, 3.63) is 77.9 Å². The fourth-order valence-electron chi connectivity index (χ4n) is 2.00. The Morgan fingerprint density at radius 1 is 1.00 bits per heavy atom. The zero-order valence-corrected chi connectivity index (χ0v) is 13.0. The van der Waals surface area contributed by atoms with Gasteiger partial charge in [0.2, 0.25) is 11.8 Å². The van der Waals surface area contributed by atoms with E-state index in [9.17, 15) is 9.59 Å². The van der Waals surface area contributed by atoms with E-state index in [1.165, 1.54) is 6.08 Å². The molecule has 0 radical (unpaired) electrons. The van der Waals surface area contributed by atoms with Gasteiger partial charge < -0.3 is 10.6 Å². The molecule has 0 aliphatic rings. The Balaban J connectivity index is 1.78. The molecule has 118 valence electrons. The molecule has 0 fully saturated rings. The lowest BCUT2D eigenvalue weighted by molar-refractivity contribution is -0.126. The molecule has 4 nitrogen and oxygen atoms in total. The van der Waals surface area contributed by atoms with Crippen molar-refractivity contribution in [2.24, 2.45) is 0 Å². The van der Waals surface area contributed by atoms with Crippen molar-refractivity contribution in [2.75, 3.05) is 0 Å². The molecule has 2 rings (SSSR count). The summed E-state index contributed by atoms with van der Waals surface area (Å²) in [5.74, 6) is -0.508. The quantitative estimate of drug-likeness (QED) is 0.806. The molecule has 0 heterocycles. The molecule has 2 amide bonds. The SMILES string of the molecule is C[C@H](NC(=O)/C=C/c1ccccc1)C(=O)NCc1ccccc1. The Bertz CT molecular complexity index is 666. The lowest BCUT2D eigenvalue weighted by Crippen LogP contribution is -2.44. The molecule has 0 aliphatic heterocycles. The van der Waals surface area contributed by atoms with Crippen LogP contribution >= 0.6 is 0 Å². The first-order valence-corrected chi connectivity index (χ1v) is 7.50. The Labute approximate surface area is 136 Å². The molecule has 0 saturated carbocycles. The standard InChI is InChI=1S/C19H20N2O2/c1-15(19(23)20-14-17-10-6-3-7-11-17)21-18(22)13-12-16-8-4-2-5-9-16/h2-13,15H,14H2,1H3,(H,20,23)(H,21,22)/b13-12+/t15-/m0/s1. The van der Waals surface area contributed by atoms with Gasteiger partial charge in [-0.1, -0.05) is 60.7 Å². The monoisotopic (exact) mass is 308 g/mol. The Kier molecular flexibility index (Phi) is 6.12. The number of benzene rings is 2. The molecule has 0 aliphatic carbocycles. The van der Waals surface area contributed by atoms with Crippen LogP contribution in [0.3, 0.4) is 0 Å². The van der Waals surface area contributed by atoms with E-state index in [1.807, 2.05) is 60.7 Å². The third kappa shape index (κ3) is 5.79. The van der Waals surface area contributed by atoms with Gasteiger partial charge in [0.1, 0.15) is 6.04 Å². The number of carbonyl (C=O) groups is 2. The summed E-state index contributed by atoms with van der Waals surface area (Å²) in [6.45, 7) is 2.11. The predicted molar refractivity (Wildman–Crippen MR) is 91.4 cm³/mol. The lowest BCUT2D eigenvalue weighted by Gasteiger charge is -2.13. The van der Waals surface area contributed by atoms with Crippen LogP contribution in [-0.2, 0) is 16.1 Å². The second kappa shape index (κ2) is 8.54. The van der Waals surface area contributed by atoms with Gasteiger partial charge >= 0.3 is 0 Å². The van der Waals surface area contributed by atoms with E-state index in [4.69, 9.17) is 0 Å². The molecule has 0 aromatic heterocycles. The summed E-state index contributed by atoms with van der Waals surface area (Å²) in [7, 11) is 0. The first-order chi connectivity index (χ1) is 11.1. The highest BCUT2D eigenvalue weighted by molar-refractivity contribution is 5.95. The minimum atomic E-state index is -0.591. The fraction of sp³-hybridized carbons (Fsp3) is 0.158. The number of amides is 2. The molecule has 2 aromatic rings. The number of hydrogen-bond donors (Lipinski definition) is 2. The van der Waals surface area contributed by atoms with E-state index in [2.05, 4.69) is 10.6 Å². The summed E-state index contributed by atoms with van der Waals surface area (Å²) in [4.78, 5) is 23.8. The number of rotatable bonds is 6. The van der Waals surface area contributed by atoms with Crippen molar-refractivity contribution in [1.82, 2.24) is 10.6 Å². The maximum absolute atomic E-state index is 12.0. The van der Waals surface area contributed by atoms with Gasteiger partial charge in [0.25, 0.3) is 0 Å². The van der Waals surface area contributed by atoms with Gasteiger partial charge in [-0.15, -0.1) is 0 Å². The molecular formula is C19H20N2O2. The maximum atomic E-state index is 12.0. The fourth-order valence-corrected chi connectivity index (χ4v) is 2.00. The first kappa shape index (κ1) is 16.5. The lowest BCUT2D eigenvalue weighted by atomic mass is 10.2. The number of carbonyl (C=O) groups excluding carboxylic acids is 2. The van der Waals surface area contributed by atoms with E-state index < -0.39 is 6.04 Å². The highest BCUT2D eigenvalue weighted by Gasteiger charge is 2.13. The van der Waals surface area contributed by atoms with Crippen molar-refractivity contribution < 1.29 is 9.59 Å². The molecule has 23 heavy (non-hydrogen) atoms. The summed E-state index contributed by atoms with van der Waals surface area (Å²) in [6, 6.07) is 18.6. The van der Waals surface area contributed by atoms with E-state index >= 15 is 0 Å². The van der Waals surface area contributed by atoms with Gasteiger partial charge in [0.15, 0.2) is 0 Å². The van der Waals surface area contributed by atoms with Crippen molar-refractivity contribution in [3.8, 4) is 0 Å². The van der Waals surface area contributed by atoms with Gasteiger partial charge in [-0.2, -0.15) is 0 Å². The van der Waals surface area contributed by atoms with Crippen LogP contribution in [-0.4, -0.2) is 17.9 Å². The van der Waals surface area contributed by atoms with Crippen LogP contribution in [0, 0.1) is 0 Å². The minimum absolute atomic E-state index is 0.213. The van der Waals surface area contributed by atoms with E-state index in [0.29, 0.717) is 6.54 Å². The van der Waals surface area contributed by atoms with Gasteiger partial charge in [-0.25, -0.2) is 0 Å². The van der Waals surface area contributed by atoms with Crippen LogP contribution in [0.25, 0.3) is 6.08 Å². The van der Waals surface area contributed by atoms with Gasteiger partial charge in [0, 0.05) is 12.6 Å². The second-order valence-corrected chi connectivity index (χ2v) is 5.18. The van der Waals surface area contributed by atoms with E-state index in [1.54, 1.807) is 13.0 Å². The molecule has 0 spiro atoms. The Morgan fingerprint density at radius 3 is 2.26 bits per heavy atom. The van der Waals surface area contributed by atoms with Crippen molar-refractivity contribution in [1.29, 1.82) is 0 Å². The second-order valence-electron chi connectivity index (χ2n) is 5.18. The maximum Gasteiger partial charge on any atom is 0.244 e. The normalized spacial score (nSPS) is 11.9. The molecule has 0 unspecified atom stereocenters. The average molecular weight is 308 g/mol. The summed E-state index contributed by atoms with van der Waals surface area (Å²) in [6.07, 6.45) is 3.14. The van der Waals surface area contributed by atoms with Crippen molar-refractivity contribution >= 4 is 17.9 Å². The zero-order valence-electron chi connectivity index (χ0n) is 13.0.